The number of piperazine rings is 1. The fraction of sp³-hybridized carbons (Fsp3) is 0.375. The van der Waals surface area contributed by atoms with Crippen molar-refractivity contribution in [3.8, 4) is 0 Å². The molecule has 3 amide bonds. The average molecular weight is 423 g/mol. The zero-order valence-corrected chi connectivity index (χ0v) is 18.0. The first-order chi connectivity index (χ1) is 15.1. The van der Waals surface area contributed by atoms with Gasteiger partial charge in [-0.1, -0.05) is 43.3 Å². The number of hydrogen-bond donors (Lipinski definition) is 2. The number of benzene rings is 2. The van der Waals surface area contributed by atoms with Gasteiger partial charge < -0.3 is 15.5 Å². The highest BCUT2D eigenvalue weighted by molar-refractivity contribution is 5.94. The van der Waals surface area contributed by atoms with Crippen molar-refractivity contribution < 1.29 is 14.4 Å². The lowest BCUT2D eigenvalue weighted by Crippen LogP contribution is -2.50. The molecule has 0 aromatic heterocycles. The molecular weight excluding hydrogens is 392 g/mol. The monoisotopic (exact) mass is 422 g/mol. The van der Waals surface area contributed by atoms with E-state index >= 15 is 0 Å². The number of para-hydroxylation sites is 1. The third-order valence-corrected chi connectivity index (χ3v) is 5.42. The van der Waals surface area contributed by atoms with E-state index in [1.54, 1.807) is 17.0 Å². The van der Waals surface area contributed by atoms with Crippen LogP contribution in [-0.4, -0.2) is 66.8 Å². The van der Waals surface area contributed by atoms with Gasteiger partial charge in [-0.2, -0.15) is 0 Å². The quantitative estimate of drug-likeness (QED) is 0.683. The average Bonchev–Trinajstić information content (AvgIpc) is 2.80. The third-order valence-electron chi connectivity index (χ3n) is 5.42. The summed E-state index contributed by atoms with van der Waals surface area (Å²) >= 11 is 0. The topological polar surface area (TPSA) is 81.8 Å². The van der Waals surface area contributed by atoms with Gasteiger partial charge in [-0.25, -0.2) is 0 Å². The Balaban J connectivity index is 1.36. The van der Waals surface area contributed by atoms with Gasteiger partial charge in [0.1, 0.15) is 0 Å². The van der Waals surface area contributed by atoms with Gasteiger partial charge in [-0.3, -0.25) is 19.3 Å². The summed E-state index contributed by atoms with van der Waals surface area (Å²) in [5.74, 6) is -0.187. The van der Waals surface area contributed by atoms with Crippen LogP contribution in [-0.2, 0) is 16.0 Å². The van der Waals surface area contributed by atoms with E-state index in [9.17, 15) is 14.4 Å². The number of hydrogen-bond acceptors (Lipinski definition) is 4. The molecule has 0 radical (unpaired) electrons. The molecule has 0 bridgehead atoms. The van der Waals surface area contributed by atoms with E-state index in [0.29, 0.717) is 44.8 Å². The Morgan fingerprint density at radius 1 is 0.903 bits per heavy atom. The van der Waals surface area contributed by atoms with Crippen LogP contribution in [0.15, 0.2) is 54.6 Å². The highest BCUT2D eigenvalue weighted by Crippen LogP contribution is 2.15. The molecule has 1 aliphatic heterocycles. The molecule has 1 aliphatic rings. The fourth-order valence-corrected chi connectivity index (χ4v) is 3.63. The second-order valence-corrected chi connectivity index (χ2v) is 7.59. The minimum atomic E-state index is -0.172. The first-order valence-corrected chi connectivity index (χ1v) is 10.8. The van der Waals surface area contributed by atoms with E-state index < -0.39 is 0 Å². The van der Waals surface area contributed by atoms with Crippen LogP contribution in [0.25, 0.3) is 0 Å². The lowest BCUT2D eigenvalue weighted by molar-refractivity contribution is -0.132. The molecule has 0 spiro atoms. The molecule has 0 aliphatic carbocycles. The Morgan fingerprint density at radius 3 is 2.29 bits per heavy atom. The number of nitrogens with zero attached hydrogens (tertiary/aromatic N) is 2. The van der Waals surface area contributed by atoms with Gasteiger partial charge in [0.05, 0.1) is 6.54 Å². The Hall–Kier alpha value is -3.19. The van der Waals surface area contributed by atoms with E-state index in [0.717, 1.165) is 17.7 Å². The van der Waals surface area contributed by atoms with Gasteiger partial charge in [-0.15, -0.1) is 0 Å². The molecule has 31 heavy (non-hydrogen) atoms. The van der Waals surface area contributed by atoms with Gasteiger partial charge in [0.15, 0.2) is 0 Å². The Bertz CT molecular complexity index is 893. The molecule has 0 saturated carbocycles. The van der Waals surface area contributed by atoms with Gasteiger partial charge in [0.25, 0.3) is 5.91 Å². The Labute approximate surface area is 183 Å². The zero-order valence-electron chi connectivity index (χ0n) is 18.0. The molecule has 0 atom stereocenters. The van der Waals surface area contributed by atoms with Crippen molar-refractivity contribution >= 4 is 23.4 Å². The van der Waals surface area contributed by atoms with E-state index in [4.69, 9.17) is 0 Å². The lowest BCUT2D eigenvalue weighted by atomic mass is 10.1. The third kappa shape index (κ3) is 6.65. The maximum atomic E-state index is 12.4. The molecule has 164 valence electrons. The van der Waals surface area contributed by atoms with Crippen molar-refractivity contribution in [1.82, 2.24) is 15.1 Å². The number of amides is 3. The number of anilines is 1. The second kappa shape index (κ2) is 11.3. The summed E-state index contributed by atoms with van der Waals surface area (Å²) in [7, 11) is 0. The van der Waals surface area contributed by atoms with Crippen molar-refractivity contribution in [3.05, 3.63) is 65.7 Å². The zero-order chi connectivity index (χ0) is 22.1. The van der Waals surface area contributed by atoms with Crippen molar-refractivity contribution in [1.29, 1.82) is 0 Å². The predicted octanol–water partition coefficient (Wildman–Crippen LogP) is 2.15. The molecule has 2 N–H and O–H groups in total. The van der Waals surface area contributed by atoms with Crippen LogP contribution in [0.5, 0.6) is 0 Å². The highest BCUT2D eigenvalue weighted by Gasteiger charge is 2.22. The smallest absolute Gasteiger partial charge is 0.251 e. The minimum absolute atomic E-state index is 0.0225. The molecular formula is C24H30N4O3. The summed E-state index contributed by atoms with van der Waals surface area (Å²) in [5.41, 5.74) is 2.57. The lowest BCUT2D eigenvalue weighted by Gasteiger charge is -2.34. The summed E-state index contributed by atoms with van der Waals surface area (Å²) in [6, 6.07) is 16.8. The van der Waals surface area contributed by atoms with Crippen LogP contribution in [0, 0.1) is 0 Å². The maximum absolute atomic E-state index is 12.4. The molecule has 7 nitrogen and oxygen atoms in total. The van der Waals surface area contributed by atoms with Crippen LogP contribution in [0.4, 0.5) is 5.69 Å². The van der Waals surface area contributed by atoms with E-state index in [-0.39, 0.29) is 24.1 Å². The summed E-state index contributed by atoms with van der Waals surface area (Å²) in [5, 5.41) is 5.78. The maximum Gasteiger partial charge on any atom is 0.251 e. The second-order valence-electron chi connectivity index (χ2n) is 7.59. The molecule has 0 unspecified atom stereocenters. The van der Waals surface area contributed by atoms with Gasteiger partial charge in [0.2, 0.25) is 11.8 Å². The molecule has 7 heteroatoms. The summed E-state index contributed by atoms with van der Waals surface area (Å²) in [6.45, 7) is 5.18. The number of rotatable bonds is 8. The van der Waals surface area contributed by atoms with Crippen molar-refractivity contribution in [3.63, 3.8) is 0 Å². The van der Waals surface area contributed by atoms with E-state index in [1.807, 2.05) is 42.5 Å². The van der Waals surface area contributed by atoms with Crippen molar-refractivity contribution in [2.45, 2.75) is 19.8 Å². The highest BCUT2D eigenvalue weighted by atomic mass is 16.2. The van der Waals surface area contributed by atoms with Crippen LogP contribution in [0.2, 0.25) is 0 Å². The van der Waals surface area contributed by atoms with Crippen molar-refractivity contribution in [2.24, 2.45) is 0 Å². The summed E-state index contributed by atoms with van der Waals surface area (Å²) in [6.07, 6.45) is 1.13. The summed E-state index contributed by atoms with van der Waals surface area (Å²) < 4.78 is 0. The normalized spacial score (nSPS) is 14.2. The van der Waals surface area contributed by atoms with Crippen LogP contribution in [0.3, 0.4) is 0 Å². The Morgan fingerprint density at radius 2 is 1.58 bits per heavy atom. The number of aryl methyl sites for hydroxylation is 1. The minimum Gasteiger partial charge on any atom is -0.352 e. The van der Waals surface area contributed by atoms with Gasteiger partial charge in [0, 0.05) is 50.4 Å². The first kappa shape index (κ1) is 22.5. The van der Waals surface area contributed by atoms with Gasteiger partial charge in [-0.05, 0) is 30.2 Å². The molecule has 1 fully saturated rings. The van der Waals surface area contributed by atoms with Crippen LogP contribution >= 0.6 is 0 Å². The first-order valence-electron chi connectivity index (χ1n) is 10.8. The standard InChI is InChI=1S/C24H30N4O3/c1-2-19-8-6-7-11-21(19)26-22(29)18-27-14-16-28(17-15-27)23(30)12-13-25-24(31)20-9-4-3-5-10-20/h3-11H,2,12-18H2,1H3,(H,25,31)(H,26,29). The van der Waals surface area contributed by atoms with E-state index in [2.05, 4.69) is 22.5 Å². The Kier molecular flexibility index (Phi) is 8.18. The predicted molar refractivity (Wildman–Crippen MR) is 121 cm³/mol. The number of nitrogens with one attached hydrogen (secondary N) is 2. The molecule has 3 rings (SSSR count). The van der Waals surface area contributed by atoms with Gasteiger partial charge >= 0.3 is 0 Å². The van der Waals surface area contributed by atoms with Crippen LogP contribution < -0.4 is 10.6 Å². The largest absolute Gasteiger partial charge is 0.352 e. The SMILES string of the molecule is CCc1ccccc1NC(=O)CN1CCN(C(=O)CCNC(=O)c2ccccc2)CC1. The van der Waals surface area contributed by atoms with Crippen LogP contribution in [0.1, 0.15) is 29.3 Å². The molecule has 1 saturated heterocycles. The summed E-state index contributed by atoms with van der Waals surface area (Å²) in [4.78, 5) is 40.7. The molecule has 1 heterocycles. The van der Waals surface area contributed by atoms with Crippen molar-refractivity contribution in [2.75, 3.05) is 44.6 Å². The molecule has 2 aromatic carbocycles. The van der Waals surface area contributed by atoms with E-state index in [1.165, 1.54) is 0 Å². The number of carbonyl (C=O) groups is 3. The molecule has 2 aromatic rings. The fourth-order valence-electron chi connectivity index (χ4n) is 3.63. The number of carbonyl (C=O) groups excluding carboxylic acids is 3.